The van der Waals surface area contributed by atoms with E-state index in [1.165, 1.54) is 44.9 Å². The molecule has 36 heavy (non-hydrogen) atoms. The third-order valence-corrected chi connectivity index (χ3v) is 10.8. The number of nitrogens with two attached hydrogens (primary N) is 3. The van der Waals surface area contributed by atoms with Crippen molar-refractivity contribution in [1.82, 2.24) is 10.2 Å². The molecule has 0 spiro atoms. The first kappa shape index (κ1) is 26.0. The molecule has 5 fully saturated rings. The Hall–Kier alpha value is -1.67. The molecule has 4 saturated carbocycles. The normalized spacial score (nSPS) is 43.2. The summed E-state index contributed by atoms with van der Waals surface area (Å²) in [5.74, 6) is 1.60. The van der Waals surface area contributed by atoms with Gasteiger partial charge in [0, 0.05) is 30.6 Å². The van der Waals surface area contributed by atoms with E-state index >= 15 is 0 Å². The second kappa shape index (κ2) is 11.0. The Kier molecular flexibility index (Phi) is 7.92. The van der Waals surface area contributed by atoms with E-state index in [1.54, 1.807) is 0 Å². The van der Waals surface area contributed by atoms with Crippen molar-refractivity contribution >= 4 is 17.6 Å². The molecular weight excluding hydrogens is 452 g/mol. The Bertz CT molecular complexity index is 825. The zero-order valence-electron chi connectivity index (χ0n) is 21.9. The van der Waals surface area contributed by atoms with Crippen LogP contribution in [-0.2, 0) is 9.59 Å². The molecule has 8 atom stereocenters. The van der Waals surface area contributed by atoms with E-state index in [1.807, 2.05) is 0 Å². The van der Waals surface area contributed by atoms with Crippen molar-refractivity contribution in [3.05, 3.63) is 0 Å². The van der Waals surface area contributed by atoms with Crippen LogP contribution in [0.2, 0.25) is 0 Å². The van der Waals surface area contributed by atoms with Crippen molar-refractivity contribution in [2.45, 2.75) is 114 Å². The lowest BCUT2D eigenvalue weighted by Crippen LogP contribution is -2.55. The van der Waals surface area contributed by atoms with Gasteiger partial charge >= 0.3 is 0 Å². The van der Waals surface area contributed by atoms with Gasteiger partial charge in [0.2, 0.25) is 11.8 Å². The van der Waals surface area contributed by atoms with Crippen molar-refractivity contribution in [2.24, 2.45) is 52.7 Å². The second-order valence-electron chi connectivity index (χ2n) is 12.8. The van der Waals surface area contributed by atoms with Gasteiger partial charge in [0.1, 0.15) is 6.04 Å². The number of carbonyl (C=O) groups excluding carboxylic acids is 2. The molecule has 0 aromatic rings. The van der Waals surface area contributed by atoms with Crippen LogP contribution in [0.3, 0.4) is 0 Å². The van der Waals surface area contributed by atoms with Gasteiger partial charge in [-0.05, 0) is 81.5 Å². The predicted octanol–water partition coefficient (Wildman–Crippen LogP) is 2.49. The largest absolute Gasteiger partial charge is 0.387 e. The third-order valence-electron chi connectivity index (χ3n) is 10.8. The first-order valence-corrected chi connectivity index (χ1v) is 14.8. The lowest BCUT2D eigenvalue weighted by molar-refractivity contribution is -0.134. The average molecular weight is 501 g/mol. The summed E-state index contributed by atoms with van der Waals surface area (Å²) in [6, 6.07) is -0.0780. The smallest absolute Gasteiger partial charge is 0.238 e. The van der Waals surface area contributed by atoms with Gasteiger partial charge in [0.25, 0.3) is 0 Å². The predicted molar refractivity (Wildman–Crippen MR) is 141 cm³/mol. The van der Waals surface area contributed by atoms with E-state index in [2.05, 4.69) is 10.2 Å². The summed E-state index contributed by atoms with van der Waals surface area (Å²) in [6.07, 6.45) is 15.1. The number of amidine groups is 1. The summed E-state index contributed by atoms with van der Waals surface area (Å²) >= 11 is 0. The van der Waals surface area contributed by atoms with E-state index in [0.717, 1.165) is 63.3 Å². The molecule has 8 nitrogen and oxygen atoms in total. The van der Waals surface area contributed by atoms with Crippen LogP contribution < -0.4 is 22.5 Å². The minimum absolute atomic E-state index is 0.0240. The standard InChI is InChI=1S/C28H48N6O2/c29-19-9-11-20(12-10-19)33-28(36)25-24(27(32)35)22-13-8-17(26(30)31)14-23(22)34(25)15-18-6-3-5-16-4-1-2-7-21(16)18/h16-25H,1-15,29H2,(H3,30,31)(H2,32,35)(H,33,36). The Labute approximate surface area is 216 Å². The van der Waals surface area contributed by atoms with Crippen LogP contribution in [0.15, 0.2) is 0 Å². The fourth-order valence-corrected chi connectivity index (χ4v) is 8.95. The molecule has 1 saturated heterocycles. The maximum absolute atomic E-state index is 13.9. The van der Waals surface area contributed by atoms with E-state index in [4.69, 9.17) is 22.6 Å². The van der Waals surface area contributed by atoms with Crippen LogP contribution in [-0.4, -0.2) is 53.3 Å². The zero-order chi connectivity index (χ0) is 25.4. The molecule has 5 rings (SSSR count). The highest BCUT2D eigenvalue weighted by atomic mass is 16.2. The van der Waals surface area contributed by atoms with E-state index in [9.17, 15) is 9.59 Å². The quantitative estimate of drug-likeness (QED) is 0.280. The monoisotopic (exact) mass is 500 g/mol. The molecule has 5 aliphatic rings. The van der Waals surface area contributed by atoms with Crippen LogP contribution in [0.5, 0.6) is 0 Å². The Morgan fingerprint density at radius 1 is 0.861 bits per heavy atom. The maximum Gasteiger partial charge on any atom is 0.238 e. The van der Waals surface area contributed by atoms with E-state index < -0.39 is 12.0 Å². The van der Waals surface area contributed by atoms with Crippen molar-refractivity contribution in [3.63, 3.8) is 0 Å². The first-order valence-electron chi connectivity index (χ1n) is 14.8. The van der Waals surface area contributed by atoms with Gasteiger partial charge in [-0.15, -0.1) is 0 Å². The van der Waals surface area contributed by atoms with Crippen molar-refractivity contribution < 1.29 is 9.59 Å². The minimum Gasteiger partial charge on any atom is -0.387 e. The topological polar surface area (TPSA) is 151 Å². The molecule has 0 bridgehead atoms. The minimum atomic E-state index is -0.511. The molecule has 0 aromatic heterocycles. The van der Waals surface area contributed by atoms with Crippen LogP contribution in [0, 0.1) is 40.9 Å². The Morgan fingerprint density at radius 2 is 1.58 bits per heavy atom. The number of fused-ring (bicyclic) bond motifs is 2. The summed E-state index contributed by atoms with van der Waals surface area (Å²) in [7, 11) is 0. The number of hydrogen-bond acceptors (Lipinski definition) is 5. The second-order valence-corrected chi connectivity index (χ2v) is 12.8. The van der Waals surface area contributed by atoms with Gasteiger partial charge in [-0.25, -0.2) is 0 Å². The van der Waals surface area contributed by atoms with Gasteiger partial charge < -0.3 is 22.5 Å². The summed E-state index contributed by atoms with van der Waals surface area (Å²) in [5, 5.41) is 11.4. The van der Waals surface area contributed by atoms with Crippen LogP contribution in [0.25, 0.3) is 0 Å². The number of likely N-dealkylation sites (tertiary alicyclic amines) is 1. The molecule has 0 aromatic carbocycles. The summed E-state index contributed by atoms with van der Waals surface area (Å²) in [6.45, 7) is 0.865. The molecule has 202 valence electrons. The highest BCUT2D eigenvalue weighted by molar-refractivity contribution is 5.91. The lowest BCUT2D eigenvalue weighted by atomic mass is 9.65. The number of carbonyl (C=O) groups is 2. The Balaban J connectivity index is 1.41. The molecule has 8 heteroatoms. The number of hydrogen-bond donors (Lipinski definition) is 5. The first-order chi connectivity index (χ1) is 17.3. The molecule has 0 radical (unpaired) electrons. The van der Waals surface area contributed by atoms with Crippen molar-refractivity contribution in [2.75, 3.05) is 6.54 Å². The van der Waals surface area contributed by atoms with Crippen LogP contribution >= 0.6 is 0 Å². The molecule has 1 aliphatic heterocycles. The van der Waals surface area contributed by atoms with Gasteiger partial charge in [-0.2, -0.15) is 0 Å². The fourth-order valence-electron chi connectivity index (χ4n) is 8.95. The molecule has 4 aliphatic carbocycles. The number of nitrogens with zero attached hydrogens (tertiary/aromatic N) is 1. The number of amides is 2. The number of rotatable bonds is 6. The lowest BCUT2D eigenvalue weighted by Gasteiger charge is -2.45. The summed E-state index contributed by atoms with van der Waals surface area (Å²) in [4.78, 5) is 29.3. The molecular formula is C28H48N6O2. The average Bonchev–Trinajstić information content (AvgIpc) is 3.19. The molecule has 8 N–H and O–H groups in total. The molecule has 1 heterocycles. The maximum atomic E-state index is 13.9. The number of nitrogens with one attached hydrogen (secondary N) is 2. The van der Waals surface area contributed by atoms with Gasteiger partial charge in [-0.1, -0.05) is 32.1 Å². The highest BCUT2D eigenvalue weighted by Crippen LogP contribution is 2.49. The van der Waals surface area contributed by atoms with Gasteiger partial charge in [0.15, 0.2) is 0 Å². The van der Waals surface area contributed by atoms with E-state index in [-0.39, 0.29) is 47.6 Å². The highest BCUT2D eigenvalue weighted by Gasteiger charge is 2.56. The SMILES string of the molecule is N=C(N)C1CCC2C(C(N)=O)C(C(=O)NC3CCC(N)CC3)N(CC3CCCC4CCCCC43)C2C1. The molecule has 2 amide bonds. The van der Waals surface area contributed by atoms with Gasteiger partial charge in [0.05, 0.1) is 11.8 Å². The Morgan fingerprint density at radius 3 is 2.31 bits per heavy atom. The van der Waals surface area contributed by atoms with E-state index in [0.29, 0.717) is 5.92 Å². The summed E-state index contributed by atoms with van der Waals surface area (Å²) in [5.41, 5.74) is 18.1. The van der Waals surface area contributed by atoms with Crippen LogP contribution in [0.4, 0.5) is 0 Å². The van der Waals surface area contributed by atoms with Gasteiger partial charge in [-0.3, -0.25) is 19.9 Å². The number of primary amides is 1. The molecule has 8 unspecified atom stereocenters. The zero-order valence-corrected chi connectivity index (χ0v) is 21.9. The van der Waals surface area contributed by atoms with Crippen molar-refractivity contribution in [3.8, 4) is 0 Å². The fraction of sp³-hybridized carbons (Fsp3) is 0.893. The van der Waals surface area contributed by atoms with Crippen LogP contribution in [0.1, 0.15) is 89.9 Å². The summed E-state index contributed by atoms with van der Waals surface area (Å²) < 4.78 is 0. The third kappa shape index (κ3) is 5.17. The van der Waals surface area contributed by atoms with Crippen molar-refractivity contribution in [1.29, 1.82) is 5.41 Å².